The lowest BCUT2D eigenvalue weighted by Gasteiger charge is -2.29. The van der Waals surface area contributed by atoms with E-state index in [4.69, 9.17) is 0 Å². The molecule has 4 heteroatoms. The van der Waals surface area contributed by atoms with Crippen molar-refractivity contribution >= 4 is 22.5 Å². The van der Waals surface area contributed by atoms with Gasteiger partial charge >= 0.3 is 0 Å². The quantitative estimate of drug-likeness (QED) is 0.942. The molecular formula is C17H21N3O. The molecule has 110 valence electrons. The molecule has 0 spiro atoms. The fourth-order valence-electron chi connectivity index (χ4n) is 2.83. The number of fused-ring (bicyclic) bond motifs is 1. The average Bonchev–Trinajstić information content (AvgIpc) is 2.50. The van der Waals surface area contributed by atoms with Gasteiger partial charge in [-0.3, -0.25) is 14.7 Å². The monoisotopic (exact) mass is 283 g/mol. The number of nitrogens with zero attached hydrogens (tertiary/aromatic N) is 2. The number of pyridine rings is 1. The summed E-state index contributed by atoms with van der Waals surface area (Å²) in [5.41, 5.74) is 1.75. The summed E-state index contributed by atoms with van der Waals surface area (Å²) in [4.78, 5) is 18.8. The lowest BCUT2D eigenvalue weighted by molar-refractivity contribution is -0.117. The fraction of sp³-hybridized carbons (Fsp3) is 0.412. The second-order valence-electron chi connectivity index (χ2n) is 5.88. The molecule has 1 fully saturated rings. The van der Waals surface area contributed by atoms with Crippen molar-refractivity contribution in [2.24, 2.45) is 5.92 Å². The molecule has 0 aliphatic carbocycles. The Bertz CT molecular complexity index is 627. The minimum absolute atomic E-state index is 0.0564. The van der Waals surface area contributed by atoms with E-state index >= 15 is 0 Å². The third-order valence-electron chi connectivity index (χ3n) is 4.16. The highest BCUT2D eigenvalue weighted by Gasteiger charge is 2.18. The lowest BCUT2D eigenvalue weighted by Crippen LogP contribution is -2.38. The molecule has 1 aliphatic rings. The van der Waals surface area contributed by atoms with Gasteiger partial charge in [0, 0.05) is 11.6 Å². The molecule has 1 amide bonds. The van der Waals surface area contributed by atoms with Gasteiger partial charge in [0.25, 0.3) is 0 Å². The second-order valence-corrected chi connectivity index (χ2v) is 5.88. The number of likely N-dealkylation sites (tertiary alicyclic amines) is 1. The maximum Gasteiger partial charge on any atom is 0.238 e. The van der Waals surface area contributed by atoms with E-state index < -0.39 is 0 Å². The van der Waals surface area contributed by atoms with E-state index in [1.54, 1.807) is 6.20 Å². The van der Waals surface area contributed by atoms with Crippen LogP contribution in [0.1, 0.15) is 19.8 Å². The van der Waals surface area contributed by atoms with E-state index in [2.05, 4.69) is 22.1 Å². The van der Waals surface area contributed by atoms with Crippen molar-refractivity contribution in [3.8, 4) is 0 Å². The van der Waals surface area contributed by atoms with Crippen molar-refractivity contribution < 1.29 is 4.79 Å². The summed E-state index contributed by atoms with van der Waals surface area (Å²) in [6, 6.07) is 9.69. The molecule has 0 radical (unpaired) electrons. The second kappa shape index (κ2) is 6.22. The standard InChI is InChI=1S/C17H21N3O/c1-13-7-10-20(11-8-13)12-17(21)19-16-6-2-5-15-14(16)4-3-9-18-15/h2-6,9,13H,7-8,10-12H2,1H3,(H,19,21). The molecule has 2 heterocycles. The number of carbonyl (C=O) groups is 1. The molecule has 0 unspecified atom stereocenters. The van der Waals surface area contributed by atoms with Crippen LogP contribution in [0, 0.1) is 5.92 Å². The Balaban J connectivity index is 1.66. The highest BCUT2D eigenvalue weighted by atomic mass is 16.2. The summed E-state index contributed by atoms with van der Waals surface area (Å²) in [6.07, 6.45) is 4.14. The summed E-state index contributed by atoms with van der Waals surface area (Å²) in [6.45, 7) is 4.79. The summed E-state index contributed by atoms with van der Waals surface area (Å²) in [7, 11) is 0. The maximum atomic E-state index is 12.2. The number of nitrogens with one attached hydrogen (secondary N) is 1. The average molecular weight is 283 g/mol. The molecule has 1 aromatic carbocycles. The van der Waals surface area contributed by atoms with Crippen molar-refractivity contribution in [3.63, 3.8) is 0 Å². The SMILES string of the molecule is CC1CCN(CC(=O)Nc2cccc3ncccc23)CC1. The Morgan fingerprint density at radius 2 is 2.10 bits per heavy atom. The first-order valence-corrected chi connectivity index (χ1v) is 7.58. The first-order chi connectivity index (χ1) is 10.2. The Morgan fingerprint density at radius 3 is 2.90 bits per heavy atom. The molecule has 4 nitrogen and oxygen atoms in total. The van der Waals surface area contributed by atoms with E-state index in [1.807, 2.05) is 30.3 Å². The van der Waals surface area contributed by atoms with Gasteiger partial charge in [0.15, 0.2) is 0 Å². The molecule has 1 aliphatic heterocycles. The van der Waals surface area contributed by atoms with E-state index in [0.717, 1.165) is 35.6 Å². The fourth-order valence-corrected chi connectivity index (χ4v) is 2.83. The van der Waals surface area contributed by atoms with Crippen molar-refractivity contribution in [1.29, 1.82) is 0 Å². The van der Waals surface area contributed by atoms with Crippen LogP contribution in [0.2, 0.25) is 0 Å². The van der Waals surface area contributed by atoms with Crippen LogP contribution >= 0.6 is 0 Å². The zero-order chi connectivity index (χ0) is 14.7. The van der Waals surface area contributed by atoms with Crippen LogP contribution in [0.4, 0.5) is 5.69 Å². The molecule has 1 saturated heterocycles. The highest BCUT2D eigenvalue weighted by Crippen LogP contribution is 2.21. The topological polar surface area (TPSA) is 45.2 Å². The third-order valence-corrected chi connectivity index (χ3v) is 4.16. The molecule has 21 heavy (non-hydrogen) atoms. The molecule has 2 aromatic rings. The van der Waals surface area contributed by atoms with Gasteiger partial charge in [-0.1, -0.05) is 13.0 Å². The van der Waals surface area contributed by atoms with E-state index in [0.29, 0.717) is 6.54 Å². The largest absolute Gasteiger partial charge is 0.324 e. The lowest BCUT2D eigenvalue weighted by atomic mass is 9.99. The van der Waals surface area contributed by atoms with Gasteiger partial charge in [0.05, 0.1) is 17.7 Å². The molecule has 1 aromatic heterocycles. The van der Waals surface area contributed by atoms with Gasteiger partial charge in [0.2, 0.25) is 5.91 Å². The van der Waals surface area contributed by atoms with Gasteiger partial charge in [-0.2, -0.15) is 0 Å². The van der Waals surface area contributed by atoms with Crippen molar-refractivity contribution in [2.45, 2.75) is 19.8 Å². The normalized spacial score (nSPS) is 17.0. The smallest absolute Gasteiger partial charge is 0.238 e. The van der Waals surface area contributed by atoms with Crippen molar-refractivity contribution in [3.05, 3.63) is 36.5 Å². The number of hydrogen-bond acceptors (Lipinski definition) is 3. The highest BCUT2D eigenvalue weighted by molar-refractivity contribution is 6.01. The maximum absolute atomic E-state index is 12.2. The van der Waals surface area contributed by atoms with Crippen molar-refractivity contribution in [1.82, 2.24) is 9.88 Å². The number of amides is 1. The molecule has 0 atom stereocenters. The van der Waals surface area contributed by atoms with Crippen LogP contribution in [0.3, 0.4) is 0 Å². The zero-order valence-electron chi connectivity index (χ0n) is 12.4. The molecule has 0 bridgehead atoms. The summed E-state index contributed by atoms with van der Waals surface area (Å²) >= 11 is 0. The first kappa shape index (κ1) is 14.0. The predicted molar refractivity (Wildman–Crippen MR) is 85.2 cm³/mol. The number of benzene rings is 1. The number of carbonyl (C=O) groups excluding carboxylic acids is 1. The van der Waals surface area contributed by atoms with Crippen LogP contribution in [-0.2, 0) is 4.79 Å². The van der Waals surface area contributed by atoms with E-state index in [-0.39, 0.29) is 5.91 Å². The van der Waals surface area contributed by atoms with Crippen molar-refractivity contribution in [2.75, 3.05) is 25.0 Å². The number of rotatable bonds is 3. The first-order valence-electron chi connectivity index (χ1n) is 7.58. The predicted octanol–water partition coefficient (Wildman–Crippen LogP) is 2.91. The molecule has 3 rings (SSSR count). The van der Waals surface area contributed by atoms with Gasteiger partial charge in [-0.15, -0.1) is 0 Å². The number of hydrogen-bond donors (Lipinski definition) is 1. The van der Waals surface area contributed by atoms with Gasteiger partial charge in [-0.25, -0.2) is 0 Å². The van der Waals surface area contributed by atoms with E-state index in [9.17, 15) is 4.79 Å². The Morgan fingerprint density at radius 1 is 1.29 bits per heavy atom. The summed E-state index contributed by atoms with van der Waals surface area (Å²) in [5, 5.41) is 4.01. The minimum Gasteiger partial charge on any atom is -0.324 e. The Hall–Kier alpha value is -1.94. The minimum atomic E-state index is 0.0564. The molecule has 0 saturated carbocycles. The summed E-state index contributed by atoms with van der Waals surface area (Å²) < 4.78 is 0. The number of piperidine rings is 1. The van der Waals surface area contributed by atoms with Gasteiger partial charge in [0.1, 0.15) is 0 Å². The van der Waals surface area contributed by atoms with Crippen LogP contribution in [0.5, 0.6) is 0 Å². The van der Waals surface area contributed by atoms with Crippen LogP contribution in [-0.4, -0.2) is 35.4 Å². The summed E-state index contributed by atoms with van der Waals surface area (Å²) in [5.74, 6) is 0.842. The van der Waals surface area contributed by atoms with Gasteiger partial charge < -0.3 is 5.32 Å². The van der Waals surface area contributed by atoms with Crippen LogP contribution in [0.25, 0.3) is 10.9 Å². The Labute approximate surface area is 125 Å². The molecule has 1 N–H and O–H groups in total. The number of anilines is 1. The number of aromatic nitrogens is 1. The van der Waals surface area contributed by atoms with E-state index in [1.165, 1.54) is 12.8 Å². The molecular weight excluding hydrogens is 262 g/mol. The zero-order valence-corrected chi connectivity index (χ0v) is 12.4. The Kier molecular flexibility index (Phi) is 4.15. The van der Waals surface area contributed by atoms with Gasteiger partial charge in [-0.05, 0) is 56.1 Å². The third kappa shape index (κ3) is 3.39. The van der Waals surface area contributed by atoms with Crippen LogP contribution in [0.15, 0.2) is 36.5 Å². The van der Waals surface area contributed by atoms with Crippen LogP contribution < -0.4 is 5.32 Å².